The van der Waals surface area contributed by atoms with Crippen LogP contribution in [0, 0.1) is 0 Å². The molecule has 112 valence electrons. The van der Waals surface area contributed by atoms with Gasteiger partial charge in [-0.1, -0.05) is 19.1 Å². The molecule has 1 atom stereocenters. The molecular formula is C15H25N3OS. The van der Waals surface area contributed by atoms with Crippen molar-refractivity contribution in [1.82, 2.24) is 10.6 Å². The number of rotatable bonds is 8. The predicted octanol–water partition coefficient (Wildman–Crippen LogP) is 3.23. The van der Waals surface area contributed by atoms with Crippen LogP contribution in [0.1, 0.15) is 31.9 Å². The van der Waals surface area contributed by atoms with E-state index in [-0.39, 0.29) is 12.1 Å². The smallest absolute Gasteiger partial charge is 0.319 e. The third-order valence-corrected chi connectivity index (χ3v) is 3.66. The Morgan fingerprint density at radius 1 is 1.40 bits per heavy atom. The highest BCUT2D eigenvalue weighted by molar-refractivity contribution is 7.98. The molecule has 0 bridgehead atoms. The molecule has 0 saturated heterocycles. The zero-order valence-electron chi connectivity index (χ0n) is 12.5. The summed E-state index contributed by atoms with van der Waals surface area (Å²) in [5.41, 5.74) is 2.00. The zero-order chi connectivity index (χ0) is 14.8. The third-order valence-electron chi connectivity index (χ3n) is 2.97. The number of anilines is 1. The largest absolute Gasteiger partial charge is 0.338 e. The summed E-state index contributed by atoms with van der Waals surface area (Å²) in [7, 11) is 0. The van der Waals surface area contributed by atoms with Gasteiger partial charge in [0.2, 0.25) is 0 Å². The Balaban J connectivity index is 2.47. The number of nitrogens with one attached hydrogen (secondary N) is 3. The van der Waals surface area contributed by atoms with Gasteiger partial charge >= 0.3 is 6.03 Å². The number of urea groups is 1. The van der Waals surface area contributed by atoms with Gasteiger partial charge in [0.15, 0.2) is 0 Å². The molecule has 2 amide bonds. The van der Waals surface area contributed by atoms with E-state index < -0.39 is 0 Å². The maximum atomic E-state index is 11.7. The molecular weight excluding hydrogens is 270 g/mol. The maximum Gasteiger partial charge on any atom is 0.319 e. The van der Waals surface area contributed by atoms with Gasteiger partial charge in [-0.3, -0.25) is 0 Å². The number of carbonyl (C=O) groups is 1. The molecule has 3 N–H and O–H groups in total. The Kier molecular flexibility index (Phi) is 8.14. The van der Waals surface area contributed by atoms with Crippen LogP contribution in [-0.4, -0.2) is 31.1 Å². The molecule has 0 aliphatic heterocycles. The van der Waals surface area contributed by atoms with Crippen LogP contribution in [0.5, 0.6) is 0 Å². The van der Waals surface area contributed by atoms with Gasteiger partial charge < -0.3 is 16.0 Å². The first-order chi connectivity index (χ1) is 9.67. The van der Waals surface area contributed by atoms with E-state index in [1.165, 1.54) is 5.56 Å². The number of carbonyl (C=O) groups excluding carboxylic acids is 1. The minimum absolute atomic E-state index is 0.139. The molecule has 1 aromatic carbocycles. The van der Waals surface area contributed by atoms with Gasteiger partial charge in [0, 0.05) is 18.3 Å². The lowest BCUT2D eigenvalue weighted by Crippen LogP contribution is -2.29. The highest BCUT2D eigenvalue weighted by Crippen LogP contribution is 2.17. The molecule has 1 rings (SSSR count). The van der Waals surface area contributed by atoms with Gasteiger partial charge in [0.1, 0.15) is 0 Å². The van der Waals surface area contributed by atoms with Crippen molar-refractivity contribution in [3.8, 4) is 0 Å². The van der Waals surface area contributed by atoms with E-state index in [0.717, 1.165) is 24.4 Å². The molecule has 20 heavy (non-hydrogen) atoms. The van der Waals surface area contributed by atoms with Crippen molar-refractivity contribution in [2.45, 2.75) is 26.3 Å². The van der Waals surface area contributed by atoms with Gasteiger partial charge in [0.05, 0.1) is 0 Å². The fourth-order valence-electron chi connectivity index (χ4n) is 1.90. The SMILES string of the molecule is CCNC(C)c1cccc(NC(=O)NCCCSC)c1. The average Bonchev–Trinajstić information content (AvgIpc) is 2.44. The van der Waals surface area contributed by atoms with Crippen molar-refractivity contribution in [1.29, 1.82) is 0 Å². The van der Waals surface area contributed by atoms with Crippen LogP contribution < -0.4 is 16.0 Å². The zero-order valence-corrected chi connectivity index (χ0v) is 13.3. The van der Waals surface area contributed by atoms with Crippen molar-refractivity contribution in [2.24, 2.45) is 0 Å². The first-order valence-electron chi connectivity index (χ1n) is 7.04. The summed E-state index contributed by atoms with van der Waals surface area (Å²) in [4.78, 5) is 11.7. The lowest BCUT2D eigenvalue weighted by Gasteiger charge is -2.14. The Morgan fingerprint density at radius 2 is 2.20 bits per heavy atom. The Labute approximate surface area is 126 Å². The molecule has 0 spiro atoms. The van der Waals surface area contributed by atoms with E-state index in [0.29, 0.717) is 6.54 Å². The van der Waals surface area contributed by atoms with Gasteiger partial charge in [-0.05, 0) is 49.6 Å². The van der Waals surface area contributed by atoms with E-state index in [9.17, 15) is 4.79 Å². The molecule has 0 aliphatic rings. The fourth-order valence-corrected chi connectivity index (χ4v) is 2.34. The predicted molar refractivity (Wildman–Crippen MR) is 88.6 cm³/mol. The number of benzene rings is 1. The molecule has 5 heteroatoms. The van der Waals surface area contributed by atoms with E-state index in [1.807, 2.05) is 18.2 Å². The lowest BCUT2D eigenvalue weighted by atomic mass is 10.1. The molecule has 1 unspecified atom stereocenters. The standard InChI is InChI=1S/C15H25N3OS/c1-4-16-12(2)13-7-5-8-14(11-13)18-15(19)17-9-6-10-20-3/h5,7-8,11-12,16H,4,6,9-10H2,1-3H3,(H2,17,18,19). The van der Waals surface area contributed by atoms with Crippen LogP contribution in [0.15, 0.2) is 24.3 Å². The monoisotopic (exact) mass is 295 g/mol. The molecule has 4 nitrogen and oxygen atoms in total. The van der Waals surface area contributed by atoms with Gasteiger partial charge in [-0.15, -0.1) is 0 Å². The minimum atomic E-state index is -0.139. The van der Waals surface area contributed by atoms with E-state index in [2.05, 4.69) is 42.1 Å². The molecule has 0 fully saturated rings. The van der Waals surface area contributed by atoms with E-state index >= 15 is 0 Å². The summed E-state index contributed by atoms with van der Waals surface area (Å²) in [6, 6.07) is 8.09. The topological polar surface area (TPSA) is 53.2 Å². The molecule has 0 saturated carbocycles. The van der Waals surface area contributed by atoms with E-state index in [1.54, 1.807) is 11.8 Å². The van der Waals surface area contributed by atoms with Gasteiger partial charge in [-0.2, -0.15) is 11.8 Å². The normalized spacial score (nSPS) is 11.9. The molecule has 0 radical (unpaired) electrons. The summed E-state index contributed by atoms with van der Waals surface area (Å²) in [5, 5.41) is 9.09. The van der Waals surface area contributed by atoms with Crippen LogP contribution >= 0.6 is 11.8 Å². The van der Waals surface area contributed by atoms with Crippen molar-refractivity contribution in [3.63, 3.8) is 0 Å². The van der Waals surface area contributed by atoms with Crippen molar-refractivity contribution in [2.75, 3.05) is 30.4 Å². The Hall–Kier alpha value is -1.20. The summed E-state index contributed by atoms with van der Waals surface area (Å²) >= 11 is 1.79. The lowest BCUT2D eigenvalue weighted by molar-refractivity contribution is 0.252. The molecule has 0 aliphatic carbocycles. The highest BCUT2D eigenvalue weighted by atomic mass is 32.2. The third kappa shape index (κ3) is 6.30. The van der Waals surface area contributed by atoms with Crippen LogP contribution in [0.3, 0.4) is 0 Å². The number of thioether (sulfide) groups is 1. The minimum Gasteiger partial charge on any atom is -0.338 e. The van der Waals surface area contributed by atoms with Gasteiger partial charge in [-0.25, -0.2) is 4.79 Å². The average molecular weight is 295 g/mol. The van der Waals surface area contributed by atoms with Crippen LogP contribution in [0.2, 0.25) is 0 Å². The van der Waals surface area contributed by atoms with Gasteiger partial charge in [0.25, 0.3) is 0 Å². The second kappa shape index (κ2) is 9.66. The second-order valence-electron chi connectivity index (χ2n) is 4.63. The fraction of sp³-hybridized carbons (Fsp3) is 0.533. The van der Waals surface area contributed by atoms with Crippen LogP contribution in [0.25, 0.3) is 0 Å². The molecule has 1 aromatic rings. The highest BCUT2D eigenvalue weighted by Gasteiger charge is 2.06. The van der Waals surface area contributed by atoms with E-state index in [4.69, 9.17) is 0 Å². The molecule has 0 heterocycles. The first kappa shape index (κ1) is 16.9. The van der Waals surface area contributed by atoms with Crippen LogP contribution in [-0.2, 0) is 0 Å². The summed E-state index contributed by atoms with van der Waals surface area (Å²) in [5.74, 6) is 1.07. The number of hydrogen-bond acceptors (Lipinski definition) is 3. The van der Waals surface area contributed by atoms with Crippen LogP contribution in [0.4, 0.5) is 10.5 Å². The quantitative estimate of drug-likeness (QED) is 0.645. The number of amides is 2. The number of hydrogen-bond donors (Lipinski definition) is 3. The van der Waals surface area contributed by atoms with Crippen molar-refractivity contribution < 1.29 is 4.79 Å². The summed E-state index contributed by atoms with van der Waals surface area (Å²) in [6.07, 6.45) is 3.06. The second-order valence-corrected chi connectivity index (χ2v) is 5.62. The molecule has 0 aromatic heterocycles. The maximum absolute atomic E-state index is 11.7. The Morgan fingerprint density at radius 3 is 2.90 bits per heavy atom. The summed E-state index contributed by atoms with van der Waals surface area (Å²) < 4.78 is 0. The van der Waals surface area contributed by atoms with Crippen molar-refractivity contribution >= 4 is 23.5 Å². The first-order valence-corrected chi connectivity index (χ1v) is 8.44. The summed E-state index contributed by atoms with van der Waals surface area (Å²) in [6.45, 7) is 5.83. The van der Waals surface area contributed by atoms with Crippen molar-refractivity contribution in [3.05, 3.63) is 29.8 Å². The Bertz CT molecular complexity index is 412.